The first-order valence-corrected chi connectivity index (χ1v) is 10.6. The quantitative estimate of drug-likeness (QED) is 0.688. The van der Waals surface area contributed by atoms with E-state index in [-0.39, 0.29) is 31.2 Å². The van der Waals surface area contributed by atoms with Gasteiger partial charge in [-0.2, -0.15) is 18.3 Å². The Bertz CT molecular complexity index is 956. The van der Waals surface area contributed by atoms with E-state index in [2.05, 4.69) is 20.4 Å². The van der Waals surface area contributed by atoms with Gasteiger partial charge in [-0.3, -0.25) is 4.68 Å². The number of carbonyl (C=O) groups is 1. The summed E-state index contributed by atoms with van der Waals surface area (Å²) in [6.07, 6.45) is -3.38. The summed E-state index contributed by atoms with van der Waals surface area (Å²) >= 11 is 0. The molecular formula is C21H29F3N6O3. The normalized spacial score (nSPS) is 17.5. The van der Waals surface area contributed by atoms with Gasteiger partial charge in [-0.05, 0) is 40.7 Å². The number of hydrogen-bond donors (Lipinski definition) is 1. The van der Waals surface area contributed by atoms with Crippen LogP contribution in [-0.4, -0.2) is 50.6 Å². The molecule has 1 unspecified atom stereocenters. The molecule has 1 amide bonds. The average Bonchev–Trinajstić information content (AvgIpc) is 3.09. The van der Waals surface area contributed by atoms with Crippen molar-refractivity contribution in [3.63, 3.8) is 0 Å². The predicted octanol–water partition coefficient (Wildman–Crippen LogP) is 3.70. The number of aromatic nitrogens is 4. The third-order valence-corrected chi connectivity index (χ3v) is 4.75. The lowest BCUT2D eigenvalue weighted by molar-refractivity contribution is -0.138. The molecule has 33 heavy (non-hydrogen) atoms. The second-order valence-corrected chi connectivity index (χ2v) is 9.13. The molecule has 0 bridgehead atoms. The summed E-state index contributed by atoms with van der Waals surface area (Å²) in [5.74, 6) is 0.238. The Labute approximate surface area is 190 Å². The van der Waals surface area contributed by atoms with Gasteiger partial charge in [-0.15, -0.1) is 0 Å². The number of hydrogen-bond acceptors (Lipinski definition) is 7. The SMILES string of the molecule is CC1CN(c2ncc(C(F)(F)F)cn2)Cc2cc(COC[C@H](C)NC(=O)OC(C)(C)C)nn21. The maximum absolute atomic E-state index is 12.8. The second kappa shape index (κ2) is 9.54. The molecule has 3 heterocycles. The molecule has 0 aromatic carbocycles. The fraction of sp³-hybridized carbons (Fsp3) is 0.619. The minimum atomic E-state index is -4.47. The van der Waals surface area contributed by atoms with Crippen LogP contribution in [0.2, 0.25) is 0 Å². The van der Waals surface area contributed by atoms with Crippen molar-refractivity contribution in [3.8, 4) is 0 Å². The van der Waals surface area contributed by atoms with Gasteiger partial charge in [0.2, 0.25) is 5.95 Å². The van der Waals surface area contributed by atoms with Crippen LogP contribution in [0.4, 0.5) is 23.9 Å². The van der Waals surface area contributed by atoms with E-state index in [0.29, 0.717) is 13.1 Å². The number of amides is 1. The van der Waals surface area contributed by atoms with E-state index in [4.69, 9.17) is 9.47 Å². The van der Waals surface area contributed by atoms with Crippen LogP contribution in [-0.2, 0) is 28.8 Å². The van der Waals surface area contributed by atoms with Crippen LogP contribution in [0.25, 0.3) is 0 Å². The topological polar surface area (TPSA) is 94.4 Å². The summed E-state index contributed by atoms with van der Waals surface area (Å²) in [5, 5.41) is 7.29. The Kier molecular flexibility index (Phi) is 7.15. The highest BCUT2D eigenvalue weighted by Gasteiger charge is 2.32. The van der Waals surface area contributed by atoms with E-state index >= 15 is 0 Å². The molecule has 1 aliphatic rings. The van der Waals surface area contributed by atoms with Gasteiger partial charge < -0.3 is 19.7 Å². The van der Waals surface area contributed by atoms with Crippen molar-refractivity contribution in [1.29, 1.82) is 0 Å². The van der Waals surface area contributed by atoms with Crippen molar-refractivity contribution in [3.05, 3.63) is 35.4 Å². The Morgan fingerprint density at radius 1 is 1.27 bits per heavy atom. The lowest BCUT2D eigenvalue weighted by Gasteiger charge is -2.32. The summed E-state index contributed by atoms with van der Waals surface area (Å²) in [5.41, 5.74) is 0.152. The van der Waals surface area contributed by atoms with Crippen LogP contribution in [0.5, 0.6) is 0 Å². The zero-order valence-corrected chi connectivity index (χ0v) is 19.3. The Hall–Kier alpha value is -2.89. The number of nitrogens with one attached hydrogen (secondary N) is 1. The molecule has 2 aromatic heterocycles. The molecule has 12 heteroatoms. The largest absolute Gasteiger partial charge is 0.444 e. The standard InChI is InChI=1S/C21H29F3N6O3/c1-13(27-19(31)33-20(3,4)5)11-32-12-16-6-17-10-29(9-14(2)30(17)28-16)18-25-7-15(8-26-18)21(22,23)24/h6-8,13-14H,9-12H2,1-5H3,(H,27,31)/t13-,14?/m0/s1. The Balaban J connectivity index is 1.55. The van der Waals surface area contributed by atoms with Crippen LogP contribution in [0.1, 0.15) is 57.6 Å². The van der Waals surface area contributed by atoms with E-state index < -0.39 is 23.4 Å². The van der Waals surface area contributed by atoms with E-state index in [1.165, 1.54) is 0 Å². The molecule has 1 aliphatic heterocycles. The Morgan fingerprint density at radius 2 is 1.94 bits per heavy atom. The predicted molar refractivity (Wildman–Crippen MR) is 114 cm³/mol. The smallest absolute Gasteiger partial charge is 0.419 e. The number of ether oxygens (including phenoxy) is 2. The van der Waals surface area contributed by atoms with Crippen LogP contribution in [0, 0.1) is 0 Å². The van der Waals surface area contributed by atoms with E-state index in [1.54, 1.807) is 20.8 Å². The first kappa shape index (κ1) is 24.7. The fourth-order valence-electron chi connectivity index (χ4n) is 3.39. The van der Waals surface area contributed by atoms with Gasteiger partial charge in [0.25, 0.3) is 0 Å². The van der Waals surface area contributed by atoms with E-state index in [0.717, 1.165) is 23.8 Å². The van der Waals surface area contributed by atoms with Gasteiger partial charge in [0.15, 0.2) is 0 Å². The molecule has 182 valence electrons. The number of rotatable bonds is 6. The molecule has 0 spiro atoms. The van der Waals surface area contributed by atoms with Gasteiger partial charge in [0, 0.05) is 18.9 Å². The van der Waals surface area contributed by atoms with Crippen molar-refractivity contribution in [2.24, 2.45) is 0 Å². The molecule has 0 fully saturated rings. The third-order valence-electron chi connectivity index (χ3n) is 4.75. The van der Waals surface area contributed by atoms with Crippen LogP contribution < -0.4 is 10.2 Å². The van der Waals surface area contributed by atoms with Crippen molar-refractivity contribution >= 4 is 12.0 Å². The van der Waals surface area contributed by atoms with Crippen molar-refractivity contribution in [1.82, 2.24) is 25.1 Å². The highest BCUT2D eigenvalue weighted by molar-refractivity contribution is 5.68. The number of alkyl carbamates (subject to hydrolysis) is 1. The Morgan fingerprint density at radius 3 is 2.55 bits per heavy atom. The van der Waals surface area contributed by atoms with Crippen LogP contribution in [0.3, 0.4) is 0 Å². The fourth-order valence-corrected chi connectivity index (χ4v) is 3.39. The maximum Gasteiger partial charge on any atom is 0.419 e. The first-order chi connectivity index (χ1) is 15.3. The maximum atomic E-state index is 12.8. The lowest BCUT2D eigenvalue weighted by Crippen LogP contribution is -2.39. The summed E-state index contributed by atoms with van der Waals surface area (Å²) in [6, 6.07) is 1.61. The van der Waals surface area contributed by atoms with Gasteiger partial charge in [0.05, 0.1) is 48.8 Å². The van der Waals surface area contributed by atoms with Gasteiger partial charge >= 0.3 is 12.3 Å². The number of alkyl halides is 3. The van der Waals surface area contributed by atoms with Crippen molar-refractivity contribution < 1.29 is 27.4 Å². The second-order valence-electron chi connectivity index (χ2n) is 9.13. The summed E-state index contributed by atoms with van der Waals surface area (Å²) in [4.78, 5) is 21.4. The molecular weight excluding hydrogens is 441 g/mol. The number of halogens is 3. The first-order valence-electron chi connectivity index (χ1n) is 10.6. The van der Waals surface area contributed by atoms with Crippen LogP contribution in [0.15, 0.2) is 18.5 Å². The zero-order chi connectivity index (χ0) is 24.4. The zero-order valence-electron chi connectivity index (χ0n) is 19.3. The van der Waals surface area contributed by atoms with Crippen molar-refractivity contribution in [2.45, 2.75) is 71.6 Å². The van der Waals surface area contributed by atoms with E-state index in [9.17, 15) is 18.0 Å². The monoisotopic (exact) mass is 470 g/mol. The number of nitrogens with zero attached hydrogens (tertiary/aromatic N) is 5. The highest BCUT2D eigenvalue weighted by atomic mass is 19.4. The van der Waals surface area contributed by atoms with Gasteiger partial charge in [0.1, 0.15) is 5.60 Å². The lowest BCUT2D eigenvalue weighted by atomic mass is 10.2. The van der Waals surface area contributed by atoms with Crippen molar-refractivity contribution in [2.75, 3.05) is 18.1 Å². The summed E-state index contributed by atoms with van der Waals surface area (Å²) < 4.78 is 51.1. The molecule has 0 saturated carbocycles. The number of fused-ring (bicyclic) bond motifs is 1. The molecule has 0 radical (unpaired) electrons. The molecule has 0 aliphatic carbocycles. The number of anilines is 1. The molecule has 9 nitrogen and oxygen atoms in total. The summed E-state index contributed by atoms with van der Waals surface area (Å²) in [7, 11) is 0. The highest BCUT2D eigenvalue weighted by Crippen LogP contribution is 2.29. The van der Waals surface area contributed by atoms with Gasteiger partial charge in [-0.1, -0.05) is 0 Å². The summed E-state index contributed by atoms with van der Waals surface area (Å²) in [6.45, 7) is 10.6. The molecule has 2 aromatic rings. The minimum absolute atomic E-state index is 0.0267. The minimum Gasteiger partial charge on any atom is -0.444 e. The average molecular weight is 470 g/mol. The molecule has 2 atom stereocenters. The molecule has 1 N–H and O–H groups in total. The molecule has 3 rings (SSSR count). The number of carbonyl (C=O) groups excluding carboxylic acids is 1. The van der Waals surface area contributed by atoms with E-state index in [1.807, 2.05) is 29.5 Å². The van der Waals surface area contributed by atoms with Crippen LogP contribution >= 0.6 is 0 Å². The third kappa shape index (κ3) is 6.80. The molecule has 0 saturated heterocycles. The van der Waals surface area contributed by atoms with Gasteiger partial charge in [-0.25, -0.2) is 14.8 Å².